The van der Waals surface area contributed by atoms with Gasteiger partial charge in [-0.2, -0.15) is 0 Å². The molecule has 0 saturated heterocycles. The average Bonchev–Trinajstić information content (AvgIpc) is 2.66. The minimum absolute atomic E-state index is 0.333. The van der Waals surface area contributed by atoms with Gasteiger partial charge in [0, 0.05) is 6.54 Å². The van der Waals surface area contributed by atoms with Gasteiger partial charge in [-0.25, -0.2) is 5.48 Å². The Kier molecular flexibility index (Phi) is 1.42. The van der Waals surface area contributed by atoms with E-state index in [0.29, 0.717) is 6.54 Å². The fourth-order valence-electron chi connectivity index (χ4n) is 0.793. The van der Waals surface area contributed by atoms with Crippen LogP contribution in [-0.4, -0.2) is 17.7 Å². The first kappa shape index (κ1) is 6.51. The Morgan fingerprint density at radius 1 is 1.78 bits per heavy atom. The lowest BCUT2D eigenvalue weighted by molar-refractivity contribution is -0.134. The monoisotopic (exact) mass is 130 g/mol. The summed E-state index contributed by atoms with van der Waals surface area (Å²) in [7, 11) is 0. The summed E-state index contributed by atoms with van der Waals surface area (Å²) < 4.78 is 0. The number of hydroxylamine groups is 1. The molecule has 1 aliphatic carbocycles. The number of amides is 1. The number of hydrogen-bond acceptors (Lipinski definition) is 3. The van der Waals surface area contributed by atoms with Crippen LogP contribution >= 0.6 is 0 Å². The highest BCUT2D eigenvalue weighted by Gasteiger charge is 2.48. The summed E-state index contributed by atoms with van der Waals surface area (Å²) in [5, 5.41) is 8.19. The number of nitrogens with one attached hydrogen (secondary N) is 1. The molecule has 0 heterocycles. The minimum Gasteiger partial charge on any atom is -0.329 e. The predicted octanol–water partition coefficient (Wildman–Crippen LogP) is -0.769. The zero-order valence-electron chi connectivity index (χ0n) is 5.05. The molecular weight excluding hydrogens is 120 g/mol. The molecule has 0 bridgehead atoms. The van der Waals surface area contributed by atoms with Gasteiger partial charge in [-0.1, -0.05) is 0 Å². The van der Waals surface area contributed by atoms with Crippen LogP contribution in [0.15, 0.2) is 0 Å². The van der Waals surface area contributed by atoms with Gasteiger partial charge in [0.15, 0.2) is 0 Å². The molecule has 0 unspecified atom stereocenters. The summed E-state index contributed by atoms with van der Waals surface area (Å²) >= 11 is 0. The Morgan fingerprint density at radius 2 is 2.33 bits per heavy atom. The van der Waals surface area contributed by atoms with Gasteiger partial charge in [-0.3, -0.25) is 10.0 Å². The normalized spacial score (nSPS) is 21.1. The SMILES string of the molecule is NCC1(C(=O)NO)CC1. The van der Waals surface area contributed by atoms with E-state index in [9.17, 15) is 4.79 Å². The van der Waals surface area contributed by atoms with Crippen molar-refractivity contribution in [2.24, 2.45) is 11.1 Å². The van der Waals surface area contributed by atoms with Gasteiger partial charge >= 0.3 is 0 Å². The van der Waals surface area contributed by atoms with E-state index < -0.39 is 5.41 Å². The maximum atomic E-state index is 10.7. The molecular formula is C5H10N2O2. The van der Waals surface area contributed by atoms with Gasteiger partial charge in [0.25, 0.3) is 5.91 Å². The van der Waals surface area contributed by atoms with Crippen molar-refractivity contribution in [3.05, 3.63) is 0 Å². The van der Waals surface area contributed by atoms with Gasteiger partial charge in [-0.05, 0) is 12.8 Å². The molecule has 1 fully saturated rings. The van der Waals surface area contributed by atoms with Crippen molar-refractivity contribution in [3.63, 3.8) is 0 Å². The molecule has 4 nitrogen and oxygen atoms in total. The third-order valence-corrected chi connectivity index (χ3v) is 1.83. The van der Waals surface area contributed by atoms with E-state index in [1.807, 2.05) is 0 Å². The van der Waals surface area contributed by atoms with E-state index in [2.05, 4.69) is 0 Å². The number of nitrogens with two attached hydrogens (primary N) is 1. The van der Waals surface area contributed by atoms with E-state index in [1.165, 1.54) is 0 Å². The van der Waals surface area contributed by atoms with Crippen LogP contribution in [0.25, 0.3) is 0 Å². The number of hydrogen-bond donors (Lipinski definition) is 3. The summed E-state index contributed by atoms with van der Waals surface area (Å²) in [6, 6.07) is 0. The molecule has 0 radical (unpaired) electrons. The maximum Gasteiger partial charge on any atom is 0.250 e. The smallest absolute Gasteiger partial charge is 0.250 e. The van der Waals surface area contributed by atoms with E-state index in [4.69, 9.17) is 10.9 Å². The van der Waals surface area contributed by atoms with Crippen LogP contribution in [0.3, 0.4) is 0 Å². The van der Waals surface area contributed by atoms with Crippen LogP contribution in [0.1, 0.15) is 12.8 Å². The lowest BCUT2D eigenvalue weighted by Crippen LogP contribution is -2.34. The second-order valence-electron chi connectivity index (χ2n) is 2.43. The van der Waals surface area contributed by atoms with Crippen LogP contribution in [0.5, 0.6) is 0 Å². The molecule has 0 spiro atoms. The summed E-state index contributed by atoms with van der Waals surface area (Å²) in [6.07, 6.45) is 1.60. The van der Waals surface area contributed by atoms with Crippen molar-refractivity contribution in [1.29, 1.82) is 0 Å². The van der Waals surface area contributed by atoms with Crippen molar-refractivity contribution in [2.75, 3.05) is 6.54 Å². The zero-order chi connectivity index (χ0) is 6.91. The molecule has 1 saturated carbocycles. The van der Waals surface area contributed by atoms with E-state index >= 15 is 0 Å². The van der Waals surface area contributed by atoms with Crippen molar-refractivity contribution < 1.29 is 10.0 Å². The molecule has 4 N–H and O–H groups in total. The van der Waals surface area contributed by atoms with Crippen molar-refractivity contribution in [2.45, 2.75) is 12.8 Å². The van der Waals surface area contributed by atoms with Crippen LogP contribution in [0.2, 0.25) is 0 Å². The number of rotatable bonds is 2. The number of carbonyl (C=O) groups excluding carboxylic acids is 1. The standard InChI is InChI=1S/C5H10N2O2/c6-3-5(1-2-5)4(8)7-9/h9H,1-3,6H2,(H,7,8). The molecule has 1 amide bonds. The van der Waals surface area contributed by atoms with Crippen molar-refractivity contribution in [3.8, 4) is 0 Å². The van der Waals surface area contributed by atoms with Gasteiger partial charge < -0.3 is 5.73 Å². The predicted molar refractivity (Wildman–Crippen MR) is 30.7 cm³/mol. The highest BCUT2D eigenvalue weighted by Crippen LogP contribution is 2.44. The Bertz CT molecular complexity index is 131. The molecule has 52 valence electrons. The summed E-state index contributed by atoms with van der Waals surface area (Å²) in [5.41, 5.74) is 6.45. The maximum absolute atomic E-state index is 10.7. The first-order valence-corrected chi connectivity index (χ1v) is 2.90. The van der Waals surface area contributed by atoms with Crippen LogP contribution < -0.4 is 11.2 Å². The first-order valence-electron chi connectivity index (χ1n) is 2.90. The molecule has 1 rings (SSSR count). The highest BCUT2D eigenvalue weighted by molar-refractivity contribution is 5.84. The van der Waals surface area contributed by atoms with Crippen LogP contribution in [0, 0.1) is 5.41 Å². The van der Waals surface area contributed by atoms with Gasteiger partial charge in [0.05, 0.1) is 5.41 Å². The van der Waals surface area contributed by atoms with Crippen LogP contribution in [-0.2, 0) is 4.79 Å². The third kappa shape index (κ3) is 0.906. The molecule has 0 aliphatic heterocycles. The minimum atomic E-state index is -0.422. The zero-order valence-corrected chi connectivity index (χ0v) is 5.05. The largest absolute Gasteiger partial charge is 0.329 e. The lowest BCUT2D eigenvalue weighted by Gasteiger charge is -2.06. The fraction of sp³-hybridized carbons (Fsp3) is 0.800. The van der Waals surface area contributed by atoms with E-state index in [-0.39, 0.29) is 5.91 Å². The quantitative estimate of drug-likeness (QED) is 0.339. The number of carbonyl (C=O) groups is 1. The second kappa shape index (κ2) is 1.97. The van der Waals surface area contributed by atoms with E-state index in [1.54, 1.807) is 5.48 Å². The van der Waals surface area contributed by atoms with Gasteiger partial charge in [0.2, 0.25) is 0 Å². The Morgan fingerprint density at radius 3 is 2.44 bits per heavy atom. The molecule has 0 aromatic heterocycles. The summed E-state index contributed by atoms with van der Waals surface area (Å²) in [5.74, 6) is -0.343. The molecule has 1 aliphatic rings. The molecule has 4 heteroatoms. The summed E-state index contributed by atoms with van der Waals surface area (Å²) in [6.45, 7) is 0.333. The topological polar surface area (TPSA) is 75.4 Å². The summed E-state index contributed by atoms with van der Waals surface area (Å²) in [4.78, 5) is 10.7. The fourth-order valence-corrected chi connectivity index (χ4v) is 0.793. The molecule has 0 atom stereocenters. The molecule has 0 aromatic rings. The van der Waals surface area contributed by atoms with E-state index in [0.717, 1.165) is 12.8 Å². The van der Waals surface area contributed by atoms with Gasteiger partial charge in [0.1, 0.15) is 0 Å². The lowest BCUT2D eigenvalue weighted by atomic mass is 10.1. The third-order valence-electron chi connectivity index (χ3n) is 1.83. The van der Waals surface area contributed by atoms with Crippen molar-refractivity contribution >= 4 is 5.91 Å². The first-order chi connectivity index (χ1) is 4.25. The van der Waals surface area contributed by atoms with Gasteiger partial charge in [-0.15, -0.1) is 0 Å². The Hall–Kier alpha value is -0.610. The highest BCUT2D eigenvalue weighted by atomic mass is 16.5. The molecule has 9 heavy (non-hydrogen) atoms. The molecule has 0 aromatic carbocycles. The second-order valence-corrected chi connectivity index (χ2v) is 2.43. The Balaban J connectivity index is 2.49. The van der Waals surface area contributed by atoms with Crippen LogP contribution in [0.4, 0.5) is 0 Å². The Labute approximate surface area is 53.0 Å². The average molecular weight is 130 g/mol. The van der Waals surface area contributed by atoms with Crippen molar-refractivity contribution in [1.82, 2.24) is 5.48 Å².